The minimum Gasteiger partial charge on any atom is -0.377 e. The number of nitrogens with zero attached hydrogens (tertiary/aromatic N) is 1. The van der Waals surface area contributed by atoms with Gasteiger partial charge in [-0.2, -0.15) is 0 Å². The summed E-state index contributed by atoms with van der Waals surface area (Å²) in [6, 6.07) is 10.7. The van der Waals surface area contributed by atoms with Gasteiger partial charge in [-0.05, 0) is 5.56 Å². The first kappa shape index (κ1) is 10.3. The third-order valence-electron chi connectivity index (χ3n) is 3.64. The van der Waals surface area contributed by atoms with Crippen molar-refractivity contribution < 1.29 is 4.74 Å². The molecule has 3 nitrogen and oxygen atoms in total. The van der Waals surface area contributed by atoms with E-state index in [0.717, 1.165) is 39.4 Å². The summed E-state index contributed by atoms with van der Waals surface area (Å²) in [5.41, 5.74) is 1.67. The van der Waals surface area contributed by atoms with Crippen LogP contribution in [0.5, 0.6) is 0 Å². The number of nitrogens with one attached hydrogen (secondary N) is 1. The first-order chi connectivity index (χ1) is 7.89. The van der Waals surface area contributed by atoms with Gasteiger partial charge in [-0.1, -0.05) is 30.3 Å². The number of ether oxygens (including phenoxy) is 1. The third-order valence-corrected chi connectivity index (χ3v) is 3.64. The van der Waals surface area contributed by atoms with Gasteiger partial charge in [-0.15, -0.1) is 0 Å². The Labute approximate surface area is 96.4 Å². The van der Waals surface area contributed by atoms with E-state index in [-0.39, 0.29) is 5.54 Å². The van der Waals surface area contributed by atoms with Crippen LogP contribution in [0.4, 0.5) is 0 Å². The molecule has 2 fully saturated rings. The molecule has 2 saturated heterocycles. The second kappa shape index (κ2) is 4.17. The Morgan fingerprint density at radius 1 is 1.25 bits per heavy atom. The molecule has 0 saturated carbocycles. The smallest absolute Gasteiger partial charge is 0.0807 e. The molecule has 2 heterocycles. The summed E-state index contributed by atoms with van der Waals surface area (Å²) in [6.45, 7) is 6.10. The van der Waals surface area contributed by atoms with Gasteiger partial charge >= 0.3 is 0 Å². The van der Waals surface area contributed by atoms with Crippen LogP contribution in [0.15, 0.2) is 30.3 Å². The molecule has 0 atom stereocenters. The maximum Gasteiger partial charge on any atom is 0.0807 e. The molecule has 1 aromatic carbocycles. The van der Waals surface area contributed by atoms with Crippen molar-refractivity contribution in [1.29, 1.82) is 0 Å². The summed E-state index contributed by atoms with van der Waals surface area (Å²) in [5, 5.41) is 3.47. The van der Waals surface area contributed by atoms with Crippen LogP contribution in [0, 0.1) is 0 Å². The minimum absolute atomic E-state index is 0.272. The molecule has 0 aromatic heterocycles. The van der Waals surface area contributed by atoms with Crippen LogP contribution < -0.4 is 5.32 Å². The number of hydrogen-bond acceptors (Lipinski definition) is 3. The lowest BCUT2D eigenvalue weighted by molar-refractivity contribution is -0.151. The molecule has 2 aliphatic heterocycles. The van der Waals surface area contributed by atoms with Gasteiger partial charge < -0.3 is 10.1 Å². The second-order valence-electron chi connectivity index (χ2n) is 4.80. The lowest BCUT2D eigenvalue weighted by atomic mass is 9.92. The Kier molecular flexibility index (Phi) is 2.67. The van der Waals surface area contributed by atoms with Crippen LogP contribution in [-0.4, -0.2) is 43.3 Å². The topological polar surface area (TPSA) is 24.5 Å². The fraction of sp³-hybridized carbons (Fsp3) is 0.538. The summed E-state index contributed by atoms with van der Waals surface area (Å²) in [4.78, 5) is 2.57. The van der Waals surface area contributed by atoms with E-state index >= 15 is 0 Å². The zero-order valence-corrected chi connectivity index (χ0v) is 9.48. The number of hydrogen-bond donors (Lipinski definition) is 1. The predicted octanol–water partition coefficient (Wildman–Crippen LogP) is 0.861. The lowest BCUT2D eigenvalue weighted by Crippen LogP contribution is -2.70. The first-order valence-electron chi connectivity index (χ1n) is 5.97. The van der Waals surface area contributed by atoms with Crippen molar-refractivity contribution in [2.75, 3.05) is 32.8 Å². The first-order valence-corrected chi connectivity index (χ1v) is 5.97. The molecule has 1 spiro atoms. The molecular weight excluding hydrogens is 200 g/mol. The molecule has 86 valence electrons. The average Bonchev–Trinajstić information content (AvgIpc) is 2.29. The fourth-order valence-corrected chi connectivity index (χ4v) is 2.56. The Hall–Kier alpha value is -0.900. The van der Waals surface area contributed by atoms with Crippen molar-refractivity contribution in [3.63, 3.8) is 0 Å². The Morgan fingerprint density at radius 3 is 2.75 bits per heavy atom. The molecule has 2 aliphatic rings. The Morgan fingerprint density at radius 2 is 2.06 bits per heavy atom. The second-order valence-corrected chi connectivity index (χ2v) is 4.80. The average molecular weight is 218 g/mol. The summed E-state index contributed by atoms with van der Waals surface area (Å²) in [5.74, 6) is 0. The maximum absolute atomic E-state index is 5.40. The molecule has 0 radical (unpaired) electrons. The van der Waals surface area contributed by atoms with Crippen LogP contribution in [0.2, 0.25) is 0 Å². The lowest BCUT2D eigenvalue weighted by Gasteiger charge is -2.52. The monoisotopic (exact) mass is 218 g/mol. The maximum atomic E-state index is 5.40. The van der Waals surface area contributed by atoms with Crippen molar-refractivity contribution in [3.05, 3.63) is 35.9 Å². The normalized spacial score (nSPS) is 24.2. The van der Waals surface area contributed by atoms with Gasteiger partial charge in [0.25, 0.3) is 0 Å². The summed E-state index contributed by atoms with van der Waals surface area (Å²) in [7, 11) is 0. The van der Waals surface area contributed by atoms with Crippen molar-refractivity contribution in [3.8, 4) is 0 Å². The minimum atomic E-state index is 0.272. The highest BCUT2D eigenvalue weighted by atomic mass is 16.5. The zero-order chi connectivity index (χ0) is 10.8. The molecule has 1 N–H and O–H groups in total. The van der Waals surface area contributed by atoms with Gasteiger partial charge in [0.15, 0.2) is 0 Å². The van der Waals surface area contributed by atoms with Crippen molar-refractivity contribution in [2.24, 2.45) is 0 Å². The van der Waals surface area contributed by atoms with E-state index in [9.17, 15) is 0 Å². The Balaban J connectivity index is 1.73. The standard InChI is InChI=1S/C13H18N2O/c1-2-4-12(5-3-1)8-15-7-6-14-9-13(15)10-16-11-13/h1-5,14H,6-11H2. The van der Waals surface area contributed by atoms with Crippen molar-refractivity contribution in [1.82, 2.24) is 10.2 Å². The van der Waals surface area contributed by atoms with E-state index in [1.165, 1.54) is 5.56 Å². The van der Waals surface area contributed by atoms with E-state index < -0.39 is 0 Å². The van der Waals surface area contributed by atoms with Crippen LogP contribution in [-0.2, 0) is 11.3 Å². The molecular formula is C13H18N2O. The van der Waals surface area contributed by atoms with E-state index in [1.54, 1.807) is 0 Å². The number of piperazine rings is 1. The highest BCUT2D eigenvalue weighted by molar-refractivity contribution is 5.16. The number of benzene rings is 1. The van der Waals surface area contributed by atoms with Gasteiger partial charge in [0.1, 0.15) is 0 Å². The van der Waals surface area contributed by atoms with Crippen LogP contribution >= 0.6 is 0 Å². The molecule has 16 heavy (non-hydrogen) atoms. The quantitative estimate of drug-likeness (QED) is 0.797. The van der Waals surface area contributed by atoms with Crippen LogP contribution in [0.1, 0.15) is 5.56 Å². The predicted molar refractivity (Wildman–Crippen MR) is 63.3 cm³/mol. The molecule has 0 amide bonds. The van der Waals surface area contributed by atoms with Gasteiger partial charge in [-0.3, -0.25) is 4.90 Å². The molecule has 0 unspecified atom stereocenters. The zero-order valence-electron chi connectivity index (χ0n) is 9.48. The van der Waals surface area contributed by atoms with Gasteiger partial charge in [0.05, 0.1) is 18.8 Å². The molecule has 0 aliphatic carbocycles. The molecule has 1 aromatic rings. The summed E-state index contributed by atoms with van der Waals surface area (Å²) < 4.78 is 5.40. The van der Waals surface area contributed by atoms with E-state index in [1.807, 2.05) is 0 Å². The van der Waals surface area contributed by atoms with Gasteiger partial charge in [-0.25, -0.2) is 0 Å². The van der Waals surface area contributed by atoms with E-state index in [4.69, 9.17) is 4.74 Å². The molecule has 3 heteroatoms. The van der Waals surface area contributed by atoms with Gasteiger partial charge in [0, 0.05) is 26.2 Å². The highest BCUT2D eigenvalue weighted by Gasteiger charge is 2.45. The Bertz CT molecular complexity index is 348. The van der Waals surface area contributed by atoms with Crippen molar-refractivity contribution in [2.45, 2.75) is 12.1 Å². The van der Waals surface area contributed by atoms with E-state index in [0.29, 0.717) is 0 Å². The van der Waals surface area contributed by atoms with Crippen LogP contribution in [0.25, 0.3) is 0 Å². The van der Waals surface area contributed by atoms with Crippen LogP contribution in [0.3, 0.4) is 0 Å². The molecule has 3 rings (SSSR count). The van der Waals surface area contributed by atoms with E-state index in [2.05, 4.69) is 40.5 Å². The largest absolute Gasteiger partial charge is 0.377 e. The summed E-state index contributed by atoms with van der Waals surface area (Å²) >= 11 is 0. The SMILES string of the molecule is c1ccc(CN2CCNCC23COC3)cc1. The molecule has 0 bridgehead atoms. The fourth-order valence-electron chi connectivity index (χ4n) is 2.56. The van der Waals surface area contributed by atoms with Crippen molar-refractivity contribution >= 4 is 0 Å². The summed E-state index contributed by atoms with van der Waals surface area (Å²) in [6.07, 6.45) is 0. The number of rotatable bonds is 2. The van der Waals surface area contributed by atoms with Gasteiger partial charge in [0.2, 0.25) is 0 Å². The third kappa shape index (κ3) is 1.75. The highest BCUT2D eigenvalue weighted by Crippen LogP contribution is 2.27.